The molecule has 0 amide bonds. The van der Waals surface area contributed by atoms with Gasteiger partial charge in [0.1, 0.15) is 0 Å². The zero-order chi connectivity index (χ0) is 45.0. The van der Waals surface area contributed by atoms with Gasteiger partial charge in [-0.25, -0.2) is 0 Å². The van der Waals surface area contributed by atoms with Crippen molar-refractivity contribution in [1.29, 1.82) is 0 Å². The van der Waals surface area contributed by atoms with Crippen LogP contribution in [-0.4, -0.2) is 9.13 Å². The van der Waals surface area contributed by atoms with Gasteiger partial charge in [0.15, 0.2) is 0 Å². The average molecular weight is 865 g/mol. The standard InChI is InChI=1S/C66H44N2/c1-5-18-45(19-6-1)51-26-15-27-54(42-51)67-61-40-38-52(43-58(61)65-56(29-16-32-63(65)67)49-22-9-3-10-23-49)46-34-36-47(37-35-46)53-39-41-62-59(44-53)66-57(50-24-11-4-12-25-50)30-17-33-64(66)68(62)60-31-14-13-28-55(60)48-20-7-2-8-21-48/h1-44H. The maximum atomic E-state index is 2.46. The van der Waals surface area contributed by atoms with Crippen LogP contribution in [0.1, 0.15) is 0 Å². The van der Waals surface area contributed by atoms with Gasteiger partial charge in [-0.1, -0.05) is 212 Å². The van der Waals surface area contributed by atoms with E-state index >= 15 is 0 Å². The topological polar surface area (TPSA) is 9.86 Å². The summed E-state index contributed by atoms with van der Waals surface area (Å²) in [4.78, 5) is 0. The Kier molecular flexibility index (Phi) is 9.54. The molecule has 13 rings (SSSR count). The van der Waals surface area contributed by atoms with Gasteiger partial charge in [0, 0.05) is 32.8 Å². The lowest BCUT2D eigenvalue weighted by Gasteiger charge is -2.14. The molecule has 2 heterocycles. The lowest BCUT2D eigenvalue weighted by Crippen LogP contribution is -1.97. The molecule has 0 fully saturated rings. The molecular formula is C66H44N2. The van der Waals surface area contributed by atoms with Crippen molar-refractivity contribution in [2.75, 3.05) is 0 Å². The number of rotatable bonds is 8. The van der Waals surface area contributed by atoms with Gasteiger partial charge >= 0.3 is 0 Å². The van der Waals surface area contributed by atoms with Crippen molar-refractivity contribution in [3.63, 3.8) is 0 Å². The average Bonchev–Trinajstić information content (AvgIpc) is 3.94. The molecule has 0 saturated carbocycles. The molecule has 2 aromatic heterocycles. The van der Waals surface area contributed by atoms with Crippen LogP contribution in [0.15, 0.2) is 267 Å². The van der Waals surface area contributed by atoms with Crippen molar-refractivity contribution < 1.29 is 0 Å². The van der Waals surface area contributed by atoms with E-state index in [-0.39, 0.29) is 0 Å². The summed E-state index contributed by atoms with van der Waals surface area (Å²) in [6.07, 6.45) is 0. The van der Waals surface area contributed by atoms with Gasteiger partial charge < -0.3 is 9.13 Å². The van der Waals surface area contributed by atoms with Crippen LogP contribution < -0.4 is 0 Å². The number of aromatic nitrogens is 2. The van der Waals surface area contributed by atoms with Crippen LogP contribution in [-0.2, 0) is 0 Å². The minimum Gasteiger partial charge on any atom is -0.309 e. The third-order valence-corrected chi connectivity index (χ3v) is 13.7. The van der Waals surface area contributed by atoms with Crippen molar-refractivity contribution >= 4 is 43.6 Å². The van der Waals surface area contributed by atoms with E-state index in [1.54, 1.807) is 0 Å². The van der Waals surface area contributed by atoms with E-state index in [1.807, 2.05) is 0 Å². The van der Waals surface area contributed by atoms with Gasteiger partial charge in [0.25, 0.3) is 0 Å². The Morgan fingerprint density at radius 1 is 0.206 bits per heavy atom. The Balaban J connectivity index is 0.946. The lowest BCUT2D eigenvalue weighted by atomic mass is 9.95. The molecule has 0 atom stereocenters. The molecule has 2 nitrogen and oxygen atoms in total. The zero-order valence-corrected chi connectivity index (χ0v) is 37.3. The van der Waals surface area contributed by atoms with Gasteiger partial charge in [-0.15, -0.1) is 0 Å². The van der Waals surface area contributed by atoms with Crippen molar-refractivity contribution in [2.45, 2.75) is 0 Å². The summed E-state index contributed by atoms with van der Waals surface area (Å²) in [5.74, 6) is 0. The predicted octanol–water partition coefficient (Wildman–Crippen LogP) is 17.9. The van der Waals surface area contributed by atoms with Crippen LogP contribution in [0.5, 0.6) is 0 Å². The molecule has 0 unspecified atom stereocenters. The van der Waals surface area contributed by atoms with Crippen LogP contribution in [0.3, 0.4) is 0 Å². The molecule has 0 bridgehead atoms. The molecule has 0 aliphatic heterocycles. The zero-order valence-electron chi connectivity index (χ0n) is 37.3. The number of nitrogens with zero attached hydrogens (tertiary/aromatic N) is 2. The summed E-state index contributed by atoms with van der Waals surface area (Å²) in [6, 6.07) is 97.3. The first kappa shape index (κ1) is 39.4. The molecule has 68 heavy (non-hydrogen) atoms. The molecule has 0 radical (unpaired) electrons. The summed E-state index contributed by atoms with van der Waals surface area (Å²) in [5, 5.41) is 4.97. The van der Waals surface area contributed by atoms with Gasteiger partial charge in [-0.2, -0.15) is 0 Å². The maximum Gasteiger partial charge on any atom is 0.0547 e. The van der Waals surface area contributed by atoms with Crippen molar-refractivity contribution in [2.24, 2.45) is 0 Å². The van der Waals surface area contributed by atoms with Gasteiger partial charge in [0.05, 0.1) is 27.8 Å². The largest absolute Gasteiger partial charge is 0.309 e. The van der Waals surface area contributed by atoms with Crippen LogP contribution in [0, 0.1) is 0 Å². The van der Waals surface area contributed by atoms with E-state index in [0.29, 0.717) is 0 Å². The SMILES string of the molecule is c1ccc(-c2cccc(-n3c4ccc(-c5ccc(-c6ccc7c(c6)c6c(-c8ccccc8)cccc6n7-c6ccccc6-c6ccccc6)cc5)cc4c4c(-c5ccccc5)cccc43)c2)cc1. The van der Waals surface area contributed by atoms with Gasteiger partial charge in [0.2, 0.25) is 0 Å². The molecule has 0 aliphatic carbocycles. The summed E-state index contributed by atoms with van der Waals surface area (Å²) in [7, 11) is 0. The molecule has 318 valence electrons. The highest BCUT2D eigenvalue weighted by Gasteiger charge is 2.21. The van der Waals surface area contributed by atoms with Gasteiger partial charge in [-0.3, -0.25) is 0 Å². The monoisotopic (exact) mass is 864 g/mol. The second-order valence-electron chi connectivity index (χ2n) is 17.6. The normalized spacial score (nSPS) is 11.5. The summed E-state index contributed by atoms with van der Waals surface area (Å²) in [6.45, 7) is 0. The first-order chi connectivity index (χ1) is 33.7. The van der Waals surface area contributed by atoms with E-state index in [0.717, 1.165) is 11.4 Å². The van der Waals surface area contributed by atoms with Crippen molar-refractivity contribution in [3.05, 3.63) is 267 Å². The first-order valence-electron chi connectivity index (χ1n) is 23.4. The molecule has 13 aromatic rings. The number of fused-ring (bicyclic) bond motifs is 6. The number of hydrogen-bond donors (Lipinski definition) is 0. The quantitative estimate of drug-likeness (QED) is 0.144. The predicted molar refractivity (Wildman–Crippen MR) is 288 cm³/mol. The number of benzene rings is 11. The van der Waals surface area contributed by atoms with Gasteiger partial charge in [-0.05, 0) is 116 Å². The second-order valence-corrected chi connectivity index (χ2v) is 17.6. The van der Waals surface area contributed by atoms with Crippen LogP contribution in [0.25, 0.3) is 122 Å². The Bertz CT molecular complexity index is 3980. The third-order valence-electron chi connectivity index (χ3n) is 13.7. The molecule has 2 heteroatoms. The molecular weight excluding hydrogens is 821 g/mol. The number of hydrogen-bond acceptors (Lipinski definition) is 0. The summed E-state index contributed by atoms with van der Waals surface area (Å²) < 4.78 is 4.90. The second kappa shape index (κ2) is 16.5. The number of para-hydroxylation sites is 1. The Morgan fingerprint density at radius 2 is 0.574 bits per heavy atom. The highest BCUT2D eigenvalue weighted by atomic mass is 15.0. The van der Waals surface area contributed by atoms with E-state index in [4.69, 9.17) is 0 Å². The lowest BCUT2D eigenvalue weighted by molar-refractivity contribution is 1.18. The fraction of sp³-hybridized carbons (Fsp3) is 0. The van der Waals surface area contributed by atoms with E-state index in [2.05, 4.69) is 276 Å². The summed E-state index contributed by atoms with van der Waals surface area (Å²) in [5.41, 5.74) is 21.5. The minimum absolute atomic E-state index is 1.14. The third kappa shape index (κ3) is 6.65. The Morgan fingerprint density at radius 3 is 1.12 bits per heavy atom. The van der Waals surface area contributed by atoms with Crippen LogP contribution >= 0.6 is 0 Å². The summed E-state index contributed by atoms with van der Waals surface area (Å²) >= 11 is 0. The minimum atomic E-state index is 1.14. The first-order valence-corrected chi connectivity index (χ1v) is 23.4. The van der Waals surface area contributed by atoms with E-state index in [9.17, 15) is 0 Å². The van der Waals surface area contributed by atoms with Crippen molar-refractivity contribution in [3.8, 4) is 78.1 Å². The fourth-order valence-electron chi connectivity index (χ4n) is 10.6. The highest BCUT2D eigenvalue weighted by Crippen LogP contribution is 2.44. The molecule has 0 N–H and O–H groups in total. The molecule has 0 aliphatic rings. The van der Waals surface area contributed by atoms with E-state index in [1.165, 1.54) is 110 Å². The maximum absolute atomic E-state index is 2.46. The highest BCUT2D eigenvalue weighted by molar-refractivity contribution is 6.18. The van der Waals surface area contributed by atoms with Crippen molar-refractivity contribution in [1.82, 2.24) is 9.13 Å². The smallest absolute Gasteiger partial charge is 0.0547 e. The van der Waals surface area contributed by atoms with E-state index < -0.39 is 0 Å². The Hall–Kier alpha value is -8.98. The fourth-order valence-corrected chi connectivity index (χ4v) is 10.6. The molecule has 0 saturated heterocycles. The molecule has 0 spiro atoms. The Labute approximate surface area is 395 Å². The molecule has 11 aromatic carbocycles. The van der Waals surface area contributed by atoms with Crippen LogP contribution in [0.4, 0.5) is 0 Å². The van der Waals surface area contributed by atoms with Crippen LogP contribution in [0.2, 0.25) is 0 Å².